The van der Waals surface area contributed by atoms with Crippen molar-refractivity contribution in [2.45, 2.75) is 84.0 Å². The highest BCUT2D eigenvalue weighted by Crippen LogP contribution is 2.08. The van der Waals surface area contributed by atoms with Gasteiger partial charge in [0, 0.05) is 12.8 Å². The monoisotopic (exact) mass is 310 g/mol. The summed E-state index contributed by atoms with van der Waals surface area (Å²) in [5.41, 5.74) is 0. The topological polar surface area (TPSA) is 71.4 Å². The molecule has 0 radical (unpaired) electrons. The number of Topliss-reactive ketones (excluding diaryl/α,β-unsaturated/α-hetero) is 1. The van der Waals surface area contributed by atoms with Crippen molar-refractivity contribution in [3.05, 3.63) is 12.2 Å². The molecule has 0 aliphatic heterocycles. The van der Waals surface area contributed by atoms with Gasteiger partial charge in [-0.3, -0.25) is 14.4 Å². The molecule has 0 fully saturated rings. The van der Waals surface area contributed by atoms with Crippen LogP contribution in [0.25, 0.3) is 0 Å². The number of hydrogen-bond acceptors (Lipinski definition) is 3. The summed E-state index contributed by atoms with van der Waals surface area (Å²) in [6.07, 6.45) is 13.3. The fraction of sp³-hybridized carbons (Fsp3) is 0.722. The van der Waals surface area contributed by atoms with E-state index in [0.29, 0.717) is 12.8 Å². The summed E-state index contributed by atoms with van der Waals surface area (Å²) in [7, 11) is 0. The second-order valence-corrected chi connectivity index (χ2v) is 5.70. The third kappa shape index (κ3) is 13.5. The minimum atomic E-state index is -0.772. The highest BCUT2D eigenvalue weighted by atomic mass is 16.4. The van der Waals surface area contributed by atoms with Crippen LogP contribution < -0.4 is 0 Å². The van der Waals surface area contributed by atoms with E-state index in [0.717, 1.165) is 38.5 Å². The maximum atomic E-state index is 11.6. The zero-order valence-electron chi connectivity index (χ0n) is 13.8. The van der Waals surface area contributed by atoms with E-state index in [9.17, 15) is 14.4 Å². The van der Waals surface area contributed by atoms with Crippen LogP contribution in [-0.2, 0) is 14.4 Å². The Balaban J connectivity index is 3.57. The van der Waals surface area contributed by atoms with Crippen molar-refractivity contribution in [2.75, 3.05) is 0 Å². The molecule has 0 aromatic heterocycles. The summed E-state index contributed by atoms with van der Waals surface area (Å²) in [6, 6.07) is 0. The molecule has 1 N–H and O–H groups in total. The van der Waals surface area contributed by atoms with Crippen molar-refractivity contribution in [3.63, 3.8) is 0 Å². The van der Waals surface area contributed by atoms with Gasteiger partial charge in [0.2, 0.25) is 11.6 Å². The van der Waals surface area contributed by atoms with Crippen molar-refractivity contribution >= 4 is 17.5 Å². The van der Waals surface area contributed by atoms with E-state index in [2.05, 4.69) is 6.92 Å². The molecule has 0 amide bonds. The number of allylic oxidation sites excluding steroid dienone is 2. The Hall–Kier alpha value is -1.45. The first-order chi connectivity index (χ1) is 10.6. The van der Waals surface area contributed by atoms with Crippen LogP contribution >= 0.6 is 0 Å². The zero-order valence-corrected chi connectivity index (χ0v) is 13.8. The molecular formula is C18H30O4. The minimum absolute atomic E-state index is 0.194. The molecule has 0 aliphatic carbocycles. The van der Waals surface area contributed by atoms with Gasteiger partial charge in [0.25, 0.3) is 0 Å². The van der Waals surface area contributed by atoms with Crippen LogP contribution in [0.4, 0.5) is 0 Å². The van der Waals surface area contributed by atoms with Crippen LogP contribution in [0.15, 0.2) is 12.2 Å². The molecule has 126 valence electrons. The predicted molar refractivity (Wildman–Crippen MR) is 87.9 cm³/mol. The van der Waals surface area contributed by atoms with E-state index in [-0.39, 0.29) is 12.2 Å². The Labute approximate surface area is 134 Å². The summed E-state index contributed by atoms with van der Waals surface area (Å²) in [6.45, 7) is 2.17. The lowest BCUT2D eigenvalue weighted by Crippen LogP contribution is -2.10. The maximum Gasteiger partial charge on any atom is 0.303 e. The molecule has 0 spiro atoms. The number of rotatable bonds is 15. The zero-order chi connectivity index (χ0) is 16.6. The summed E-state index contributed by atoms with van der Waals surface area (Å²) < 4.78 is 0. The molecule has 22 heavy (non-hydrogen) atoms. The van der Waals surface area contributed by atoms with E-state index in [1.54, 1.807) is 6.08 Å². The third-order valence-corrected chi connectivity index (χ3v) is 3.56. The third-order valence-electron chi connectivity index (χ3n) is 3.56. The molecule has 4 nitrogen and oxygen atoms in total. The van der Waals surface area contributed by atoms with Gasteiger partial charge < -0.3 is 5.11 Å². The molecule has 4 heteroatoms. The molecule has 0 atom stereocenters. The molecule has 0 aliphatic rings. The van der Waals surface area contributed by atoms with E-state index < -0.39 is 11.8 Å². The first-order valence-corrected chi connectivity index (χ1v) is 8.53. The fourth-order valence-corrected chi connectivity index (χ4v) is 2.19. The molecule has 0 saturated carbocycles. The predicted octanol–water partition coefficient (Wildman–Crippen LogP) is 4.47. The van der Waals surface area contributed by atoms with Gasteiger partial charge in [-0.05, 0) is 31.8 Å². The highest BCUT2D eigenvalue weighted by molar-refractivity contribution is 6.41. The lowest BCUT2D eigenvalue weighted by molar-refractivity contribution is -0.137. The largest absolute Gasteiger partial charge is 0.481 e. The van der Waals surface area contributed by atoms with Gasteiger partial charge in [-0.1, -0.05) is 51.5 Å². The number of ketones is 2. The molecular weight excluding hydrogens is 280 g/mol. The van der Waals surface area contributed by atoms with Gasteiger partial charge in [-0.2, -0.15) is 0 Å². The molecule has 0 saturated heterocycles. The Bertz CT molecular complexity index is 358. The molecule has 0 aromatic rings. The van der Waals surface area contributed by atoms with Crippen LogP contribution in [-0.4, -0.2) is 22.6 Å². The number of carboxylic acids is 1. The lowest BCUT2D eigenvalue weighted by Gasteiger charge is -1.99. The SMILES string of the molecule is CCCCCCCCC(=O)C(=O)/C=C/CCCCCC(=O)O. The van der Waals surface area contributed by atoms with Crippen molar-refractivity contribution in [2.24, 2.45) is 0 Å². The Kier molecular flexibility index (Phi) is 13.5. The van der Waals surface area contributed by atoms with Crippen molar-refractivity contribution in [1.82, 2.24) is 0 Å². The molecule has 0 aromatic carbocycles. The summed E-state index contributed by atoms with van der Waals surface area (Å²) in [5.74, 6) is -1.47. The van der Waals surface area contributed by atoms with Crippen LogP contribution in [0.3, 0.4) is 0 Å². The van der Waals surface area contributed by atoms with Crippen molar-refractivity contribution in [3.8, 4) is 0 Å². The van der Waals surface area contributed by atoms with Gasteiger partial charge in [-0.15, -0.1) is 0 Å². The lowest BCUT2D eigenvalue weighted by atomic mass is 10.1. The first-order valence-electron chi connectivity index (χ1n) is 8.53. The second kappa shape index (κ2) is 14.5. The Morgan fingerprint density at radius 1 is 0.818 bits per heavy atom. The summed E-state index contributed by atoms with van der Waals surface area (Å²) in [5, 5.41) is 8.49. The average molecular weight is 310 g/mol. The van der Waals surface area contributed by atoms with Gasteiger partial charge in [0.1, 0.15) is 0 Å². The van der Waals surface area contributed by atoms with E-state index in [1.165, 1.54) is 25.3 Å². The standard InChI is InChI=1S/C18H30O4/c1-2-3-4-5-7-10-13-16(19)17(20)14-11-8-6-9-12-15-18(21)22/h11,14H,2-10,12-13,15H2,1H3,(H,21,22)/b14-11+. The number of carbonyl (C=O) groups excluding carboxylic acids is 2. The van der Waals surface area contributed by atoms with E-state index in [1.807, 2.05) is 0 Å². The van der Waals surface area contributed by atoms with Crippen molar-refractivity contribution in [1.29, 1.82) is 0 Å². The highest BCUT2D eigenvalue weighted by Gasteiger charge is 2.09. The average Bonchev–Trinajstić information content (AvgIpc) is 2.49. The van der Waals surface area contributed by atoms with E-state index in [4.69, 9.17) is 5.11 Å². The maximum absolute atomic E-state index is 11.6. The number of carboxylic acid groups (broad SMARTS) is 1. The van der Waals surface area contributed by atoms with Crippen LogP contribution in [0.2, 0.25) is 0 Å². The first kappa shape index (κ1) is 20.6. The Morgan fingerprint density at radius 2 is 1.41 bits per heavy atom. The van der Waals surface area contributed by atoms with Crippen LogP contribution in [0.1, 0.15) is 84.0 Å². The minimum Gasteiger partial charge on any atom is -0.481 e. The van der Waals surface area contributed by atoms with E-state index >= 15 is 0 Å². The van der Waals surface area contributed by atoms with Gasteiger partial charge in [0.05, 0.1) is 0 Å². The molecule has 0 bridgehead atoms. The number of hydrogen-bond donors (Lipinski definition) is 1. The molecule has 0 unspecified atom stereocenters. The normalized spacial score (nSPS) is 11.0. The number of unbranched alkanes of at least 4 members (excludes halogenated alkanes) is 8. The second-order valence-electron chi connectivity index (χ2n) is 5.70. The van der Waals surface area contributed by atoms with Crippen LogP contribution in [0, 0.1) is 0 Å². The van der Waals surface area contributed by atoms with Gasteiger partial charge >= 0.3 is 5.97 Å². The summed E-state index contributed by atoms with van der Waals surface area (Å²) in [4.78, 5) is 33.5. The quantitative estimate of drug-likeness (QED) is 0.275. The number of carbonyl (C=O) groups is 3. The van der Waals surface area contributed by atoms with Gasteiger partial charge in [-0.25, -0.2) is 0 Å². The molecule has 0 rings (SSSR count). The smallest absolute Gasteiger partial charge is 0.303 e. The van der Waals surface area contributed by atoms with Gasteiger partial charge in [0.15, 0.2) is 0 Å². The van der Waals surface area contributed by atoms with Crippen LogP contribution in [0.5, 0.6) is 0 Å². The summed E-state index contributed by atoms with van der Waals surface area (Å²) >= 11 is 0. The van der Waals surface area contributed by atoms with Crippen molar-refractivity contribution < 1.29 is 19.5 Å². The fourth-order valence-electron chi connectivity index (χ4n) is 2.19. The Morgan fingerprint density at radius 3 is 2.09 bits per heavy atom. The molecule has 0 heterocycles. The number of aliphatic carboxylic acids is 1.